The van der Waals surface area contributed by atoms with Crippen LogP contribution in [0.25, 0.3) is 0 Å². The Kier molecular flexibility index (Phi) is 2.12. The van der Waals surface area contributed by atoms with Gasteiger partial charge in [-0.15, -0.1) is 0 Å². The predicted molar refractivity (Wildman–Crippen MR) is 36.7 cm³/mol. The van der Waals surface area contributed by atoms with Crippen molar-refractivity contribution in [1.82, 2.24) is 0 Å². The van der Waals surface area contributed by atoms with Crippen LogP contribution < -0.4 is 6.54 Å². The van der Waals surface area contributed by atoms with Crippen LogP contribution in [-0.2, 0) is 24.6 Å². The molecule has 0 N–H and O–H groups in total. The van der Waals surface area contributed by atoms with Gasteiger partial charge in [0.05, 0.1) is 0 Å². The maximum atomic E-state index is 5.25. The molecule has 2 aromatic heterocycles. The Hall–Kier alpha value is -0.505. The van der Waals surface area contributed by atoms with Gasteiger partial charge in [-0.05, 0) is 0 Å². The normalized spacial score (nSPS) is 9.45. The molecule has 0 aliphatic rings. The zero-order chi connectivity index (χ0) is 7.52. The summed E-state index contributed by atoms with van der Waals surface area (Å²) in [5, 5.41) is 0. The van der Waals surface area contributed by atoms with Crippen molar-refractivity contribution in [2.75, 3.05) is 0 Å². The van der Waals surface area contributed by atoms with E-state index in [1.54, 1.807) is 12.5 Å². The molecular weight excluding hydrogens is 329 g/mol. The average molecular weight is 335 g/mol. The van der Waals surface area contributed by atoms with Crippen molar-refractivity contribution >= 4 is 6.54 Å². The molecule has 0 aliphatic carbocycles. The molecule has 0 aromatic carbocycles. The second-order valence-corrected chi connectivity index (χ2v) is 9.13. The van der Waals surface area contributed by atoms with Gasteiger partial charge in [0, 0.05) is 0 Å². The first kappa shape index (κ1) is 7.16. The molecule has 0 unspecified atom stereocenters. The Morgan fingerprint density at radius 2 is 1.45 bits per heavy atom. The summed E-state index contributed by atoms with van der Waals surface area (Å²) in [5.74, 6) is 0. The van der Waals surface area contributed by atoms with Crippen molar-refractivity contribution in [2.45, 2.75) is 0 Å². The predicted octanol–water partition coefficient (Wildman–Crippen LogP) is 0.906. The molecule has 2 heterocycles. The zero-order valence-corrected chi connectivity index (χ0v) is 11.5. The van der Waals surface area contributed by atoms with Crippen LogP contribution >= 0.6 is 0 Å². The van der Waals surface area contributed by atoms with E-state index in [-0.39, 0.29) is 0 Å². The van der Waals surface area contributed by atoms with Crippen LogP contribution in [0.1, 0.15) is 0 Å². The first-order valence-corrected chi connectivity index (χ1v) is 9.00. The maximum absolute atomic E-state index is 5.25. The molecule has 0 amide bonds. The third kappa shape index (κ3) is 1.74. The van der Waals surface area contributed by atoms with Crippen molar-refractivity contribution in [3.05, 3.63) is 36.8 Å². The van der Waals surface area contributed by atoms with Crippen LogP contribution in [0.15, 0.2) is 45.6 Å². The first-order chi connectivity index (χ1) is 5.45. The SMILES string of the molecule is c1co[c]([Hg][c]2ccco2)c1. The molecule has 0 bridgehead atoms. The van der Waals surface area contributed by atoms with Gasteiger partial charge in [-0.2, -0.15) is 0 Å². The van der Waals surface area contributed by atoms with Crippen LogP contribution in [0.3, 0.4) is 0 Å². The fraction of sp³-hybridized carbons (Fsp3) is 0. The monoisotopic (exact) mass is 336 g/mol. The molecule has 0 radical (unpaired) electrons. The van der Waals surface area contributed by atoms with Crippen LogP contribution in [0.5, 0.6) is 0 Å². The number of hydrogen-bond acceptors (Lipinski definition) is 2. The molecule has 0 aliphatic heterocycles. The van der Waals surface area contributed by atoms with Gasteiger partial charge in [0.1, 0.15) is 0 Å². The van der Waals surface area contributed by atoms with Gasteiger partial charge in [0.15, 0.2) is 0 Å². The van der Waals surface area contributed by atoms with Crippen molar-refractivity contribution in [1.29, 1.82) is 0 Å². The molecule has 11 heavy (non-hydrogen) atoms. The van der Waals surface area contributed by atoms with Gasteiger partial charge in [-0.1, -0.05) is 0 Å². The minimum absolute atomic E-state index is 1.15. The van der Waals surface area contributed by atoms with Crippen molar-refractivity contribution < 1.29 is 33.4 Å². The van der Waals surface area contributed by atoms with E-state index < -0.39 is 24.6 Å². The summed E-state index contributed by atoms with van der Waals surface area (Å²) in [6.07, 6.45) is 3.44. The van der Waals surface area contributed by atoms with E-state index in [0.29, 0.717) is 0 Å². The Morgan fingerprint density at radius 1 is 0.909 bits per heavy atom. The molecule has 0 fully saturated rings. The summed E-state index contributed by atoms with van der Waals surface area (Å²) in [6, 6.07) is 7.92. The third-order valence-corrected chi connectivity index (χ3v) is 7.35. The minimum atomic E-state index is -1.21. The van der Waals surface area contributed by atoms with Crippen LogP contribution in [0.4, 0.5) is 0 Å². The Balaban J connectivity index is 2.14. The van der Waals surface area contributed by atoms with Crippen molar-refractivity contribution in [2.24, 2.45) is 0 Å². The van der Waals surface area contributed by atoms with E-state index in [4.69, 9.17) is 8.83 Å². The summed E-state index contributed by atoms with van der Waals surface area (Å²) >= 11 is -1.21. The Bertz CT molecular complexity index is 264. The van der Waals surface area contributed by atoms with E-state index in [2.05, 4.69) is 0 Å². The van der Waals surface area contributed by atoms with Gasteiger partial charge in [-0.25, -0.2) is 0 Å². The molecule has 0 atom stereocenters. The molecule has 2 rings (SSSR count). The number of rotatable bonds is 2. The van der Waals surface area contributed by atoms with E-state index >= 15 is 0 Å². The molecular formula is C8H6HgO2. The first-order valence-electron chi connectivity index (χ1n) is 3.50. The fourth-order valence-electron chi connectivity index (χ4n) is 0.998. The average Bonchev–Trinajstić information content (AvgIpc) is 2.60. The zero-order valence-electron chi connectivity index (χ0n) is 5.99. The van der Waals surface area contributed by atoms with Crippen LogP contribution in [0.2, 0.25) is 0 Å². The van der Waals surface area contributed by atoms with Gasteiger partial charge in [-0.3, -0.25) is 0 Å². The molecule has 52 valence electrons. The second-order valence-electron chi connectivity index (χ2n) is 2.34. The Labute approximate surface area is 76.6 Å². The van der Waals surface area contributed by atoms with Crippen LogP contribution in [-0.4, -0.2) is 0 Å². The van der Waals surface area contributed by atoms with Gasteiger partial charge < -0.3 is 0 Å². The topological polar surface area (TPSA) is 26.3 Å². The summed E-state index contributed by atoms with van der Waals surface area (Å²) in [5.41, 5.74) is 0. The molecule has 2 nitrogen and oxygen atoms in total. The quantitative estimate of drug-likeness (QED) is 0.763. The molecule has 0 spiro atoms. The molecule has 0 saturated carbocycles. The molecule has 0 saturated heterocycles. The summed E-state index contributed by atoms with van der Waals surface area (Å²) < 4.78 is 12.8. The fourth-order valence-corrected chi connectivity index (χ4v) is 5.70. The number of furan rings is 2. The molecule has 2 aromatic rings. The van der Waals surface area contributed by atoms with Crippen molar-refractivity contribution in [3.8, 4) is 0 Å². The van der Waals surface area contributed by atoms with Gasteiger partial charge >= 0.3 is 76.7 Å². The van der Waals surface area contributed by atoms with Crippen molar-refractivity contribution in [3.63, 3.8) is 0 Å². The Morgan fingerprint density at radius 3 is 1.82 bits per heavy atom. The van der Waals surface area contributed by atoms with Gasteiger partial charge in [0.25, 0.3) is 0 Å². The summed E-state index contributed by atoms with van der Waals surface area (Å²) in [4.78, 5) is 0. The summed E-state index contributed by atoms with van der Waals surface area (Å²) in [7, 11) is 0. The standard InChI is InChI=1S/2C4H3O.Hg/c2*1-2-4-5-3-1;/h2*1-3H;. The molecule has 3 heteroatoms. The summed E-state index contributed by atoms with van der Waals surface area (Å²) in [6.45, 7) is 0. The van der Waals surface area contributed by atoms with E-state index in [0.717, 1.165) is 6.54 Å². The van der Waals surface area contributed by atoms with Gasteiger partial charge in [0.2, 0.25) is 0 Å². The van der Waals surface area contributed by atoms with E-state index in [1.165, 1.54) is 0 Å². The number of hydrogen-bond donors (Lipinski definition) is 0. The van der Waals surface area contributed by atoms with Crippen LogP contribution in [0, 0.1) is 0 Å². The second kappa shape index (κ2) is 3.26. The van der Waals surface area contributed by atoms with E-state index in [1.807, 2.05) is 24.3 Å². The van der Waals surface area contributed by atoms with E-state index in [9.17, 15) is 0 Å². The third-order valence-electron chi connectivity index (χ3n) is 1.51.